The Bertz CT molecular complexity index is 971. The molecule has 3 rings (SSSR count). The monoisotopic (exact) mass is 410 g/mol. The van der Waals surface area contributed by atoms with E-state index < -0.39 is 6.04 Å². The van der Waals surface area contributed by atoms with Crippen LogP contribution < -0.4 is 15.4 Å². The molecule has 29 heavy (non-hydrogen) atoms. The molecule has 3 aromatic rings. The fourth-order valence-electron chi connectivity index (χ4n) is 2.66. The quantitative estimate of drug-likeness (QED) is 0.621. The number of nitrogens with one attached hydrogen (secondary N) is 2. The first-order valence-electron chi connectivity index (χ1n) is 9.12. The number of amides is 2. The van der Waals surface area contributed by atoms with Gasteiger partial charge in [0, 0.05) is 11.1 Å². The first kappa shape index (κ1) is 20.5. The molecule has 0 saturated carbocycles. The molecule has 2 aromatic carbocycles. The Morgan fingerprint density at radius 2 is 1.69 bits per heavy atom. The summed E-state index contributed by atoms with van der Waals surface area (Å²) in [6, 6.07) is 15.5. The zero-order valence-electron chi connectivity index (χ0n) is 16.4. The summed E-state index contributed by atoms with van der Waals surface area (Å²) in [6.07, 6.45) is 0. The summed E-state index contributed by atoms with van der Waals surface area (Å²) in [7, 11) is 1.61. The van der Waals surface area contributed by atoms with Crippen molar-refractivity contribution in [2.45, 2.75) is 19.9 Å². The van der Waals surface area contributed by atoms with E-state index in [1.54, 1.807) is 31.4 Å². The molecule has 0 spiro atoms. The summed E-state index contributed by atoms with van der Waals surface area (Å²) in [5, 5.41) is 14.8. The molecule has 0 aliphatic rings. The Hall–Kier alpha value is -3.26. The van der Waals surface area contributed by atoms with Crippen LogP contribution in [0.1, 0.15) is 24.2 Å². The predicted octanol–water partition coefficient (Wildman–Crippen LogP) is 3.61. The van der Waals surface area contributed by atoms with Gasteiger partial charge in [0.2, 0.25) is 11.0 Å². The second-order valence-corrected chi connectivity index (χ2v) is 7.67. The summed E-state index contributed by atoms with van der Waals surface area (Å²) < 4.78 is 5.15. The summed E-state index contributed by atoms with van der Waals surface area (Å²) in [6.45, 7) is 3.75. The van der Waals surface area contributed by atoms with Crippen LogP contribution in [0.4, 0.5) is 5.13 Å². The molecule has 1 aromatic heterocycles. The number of carbonyl (C=O) groups excluding carboxylic acids is 2. The molecule has 1 unspecified atom stereocenters. The van der Waals surface area contributed by atoms with Crippen LogP contribution in [0.2, 0.25) is 0 Å². The second kappa shape index (κ2) is 9.29. The van der Waals surface area contributed by atoms with Gasteiger partial charge < -0.3 is 10.1 Å². The van der Waals surface area contributed by atoms with Gasteiger partial charge in [0.05, 0.1) is 7.11 Å². The van der Waals surface area contributed by atoms with Gasteiger partial charge in [-0.1, -0.05) is 43.4 Å². The lowest BCUT2D eigenvalue weighted by Gasteiger charge is -2.21. The van der Waals surface area contributed by atoms with Crippen LogP contribution in [0.25, 0.3) is 10.6 Å². The number of hydrogen-bond acceptors (Lipinski definition) is 6. The maximum Gasteiger partial charge on any atom is 0.251 e. The molecule has 8 heteroatoms. The summed E-state index contributed by atoms with van der Waals surface area (Å²) in [5.74, 6) is 0.0229. The van der Waals surface area contributed by atoms with Crippen LogP contribution in [-0.2, 0) is 4.79 Å². The third-order valence-electron chi connectivity index (χ3n) is 4.26. The average molecular weight is 410 g/mol. The van der Waals surface area contributed by atoms with Gasteiger partial charge in [-0.2, -0.15) is 0 Å². The van der Waals surface area contributed by atoms with E-state index in [1.165, 1.54) is 11.3 Å². The third-order valence-corrected chi connectivity index (χ3v) is 5.15. The maximum absolute atomic E-state index is 12.7. The van der Waals surface area contributed by atoms with Gasteiger partial charge in [-0.05, 0) is 42.3 Å². The molecule has 0 aliphatic heterocycles. The SMILES string of the molecule is COc1ccc(-c2nnc(NC(=O)C(NC(=O)c3ccccc3)C(C)C)s2)cc1. The van der Waals surface area contributed by atoms with Gasteiger partial charge in [0.25, 0.3) is 5.91 Å². The Morgan fingerprint density at radius 1 is 1.00 bits per heavy atom. The topological polar surface area (TPSA) is 93.2 Å². The summed E-state index contributed by atoms with van der Waals surface area (Å²) >= 11 is 1.26. The van der Waals surface area contributed by atoms with Crippen LogP contribution in [0.15, 0.2) is 54.6 Å². The Morgan fingerprint density at radius 3 is 2.31 bits per heavy atom. The summed E-state index contributed by atoms with van der Waals surface area (Å²) in [5.41, 5.74) is 1.38. The normalized spacial score (nSPS) is 11.7. The molecule has 1 atom stereocenters. The number of benzene rings is 2. The van der Waals surface area contributed by atoms with Gasteiger partial charge in [0.1, 0.15) is 16.8 Å². The number of carbonyl (C=O) groups is 2. The zero-order valence-corrected chi connectivity index (χ0v) is 17.2. The van der Waals surface area contributed by atoms with Gasteiger partial charge >= 0.3 is 0 Å². The first-order valence-corrected chi connectivity index (χ1v) is 9.94. The van der Waals surface area contributed by atoms with Crippen LogP contribution in [0.3, 0.4) is 0 Å². The van der Waals surface area contributed by atoms with Gasteiger partial charge in [-0.15, -0.1) is 10.2 Å². The summed E-state index contributed by atoms with van der Waals surface area (Å²) in [4.78, 5) is 25.2. The average Bonchev–Trinajstić information content (AvgIpc) is 3.20. The zero-order chi connectivity index (χ0) is 20.8. The lowest BCUT2D eigenvalue weighted by Crippen LogP contribution is -2.47. The van der Waals surface area contributed by atoms with Crippen LogP contribution in [0, 0.1) is 5.92 Å². The van der Waals surface area contributed by atoms with E-state index in [9.17, 15) is 9.59 Å². The van der Waals surface area contributed by atoms with Crippen molar-refractivity contribution in [3.8, 4) is 16.3 Å². The van der Waals surface area contributed by atoms with E-state index in [4.69, 9.17) is 4.74 Å². The van der Waals surface area contributed by atoms with Crippen LogP contribution in [-0.4, -0.2) is 35.2 Å². The number of aromatic nitrogens is 2. The third kappa shape index (κ3) is 5.17. The largest absolute Gasteiger partial charge is 0.497 e. The molecule has 0 aliphatic carbocycles. The van der Waals surface area contributed by atoms with E-state index in [2.05, 4.69) is 20.8 Å². The van der Waals surface area contributed by atoms with Gasteiger partial charge in [-0.25, -0.2) is 0 Å². The first-order chi connectivity index (χ1) is 14.0. The molecule has 1 heterocycles. The van der Waals surface area contributed by atoms with Crippen molar-refractivity contribution in [2.24, 2.45) is 5.92 Å². The van der Waals surface area contributed by atoms with Gasteiger partial charge in [0.15, 0.2) is 0 Å². The number of methoxy groups -OCH3 is 1. The Kier molecular flexibility index (Phi) is 6.56. The van der Waals surface area contributed by atoms with E-state index in [0.717, 1.165) is 11.3 Å². The van der Waals surface area contributed by atoms with E-state index >= 15 is 0 Å². The molecule has 150 valence electrons. The van der Waals surface area contributed by atoms with Crippen LogP contribution >= 0.6 is 11.3 Å². The smallest absolute Gasteiger partial charge is 0.251 e. The molecule has 7 nitrogen and oxygen atoms in total. The molecule has 2 N–H and O–H groups in total. The minimum atomic E-state index is -0.698. The molecule has 0 bridgehead atoms. The minimum absolute atomic E-state index is 0.100. The maximum atomic E-state index is 12.7. The number of nitrogens with zero attached hydrogens (tertiary/aromatic N) is 2. The molecular formula is C21H22N4O3S. The van der Waals surface area contributed by atoms with Crippen molar-refractivity contribution in [2.75, 3.05) is 12.4 Å². The number of ether oxygens (including phenoxy) is 1. The lowest BCUT2D eigenvalue weighted by molar-refractivity contribution is -0.118. The molecular weight excluding hydrogens is 388 g/mol. The number of hydrogen-bond donors (Lipinski definition) is 2. The fourth-order valence-corrected chi connectivity index (χ4v) is 3.41. The second-order valence-electron chi connectivity index (χ2n) is 6.69. The highest BCUT2D eigenvalue weighted by molar-refractivity contribution is 7.18. The number of anilines is 1. The standard InChI is InChI=1S/C21H22N4O3S/c1-13(2)17(22-18(26)14-7-5-4-6-8-14)19(27)23-21-25-24-20(29-21)15-9-11-16(28-3)12-10-15/h4-13,17H,1-3H3,(H,22,26)(H,23,25,27). The Labute approximate surface area is 173 Å². The molecule has 0 radical (unpaired) electrons. The van der Waals surface area contributed by atoms with E-state index in [-0.39, 0.29) is 17.7 Å². The van der Waals surface area contributed by atoms with Crippen molar-refractivity contribution in [1.29, 1.82) is 0 Å². The van der Waals surface area contributed by atoms with Crippen molar-refractivity contribution < 1.29 is 14.3 Å². The highest BCUT2D eigenvalue weighted by Crippen LogP contribution is 2.28. The van der Waals surface area contributed by atoms with E-state index in [0.29, 0.717) is 15.7 Å². The van der Waals surface area contributed by atoms with Crippen molar-refractivity contribution in [1.82, 2.24) is 15.5 Å². The van der Waals surface area contributed by atoms with Crippen molar-refractivity contribution >= 4 is 28.3 Å². The molecule has 0 fully saturated rings. The van der Waals surface area contributed by atoms with Crippen LogP contribution in [0.5, 0.6) is 5.75 Å². The molecule has 0 saturated heterocycles. The van der Waals surface area contributed by atoms with Gasteiger partial charge in [-0.3, -0.25) is 14.9 Å². The fraction of sp³-hybridized carbons (Fsp3) is 0.238. The number of rotatable bonds is 7. The lowest BCUT2D eigenvalue weighted by atomic mass is 10.0. The molecule has 2 amide bonds. The minimum Gasteiger partial charge on any atom is -0.497 e. The highest BCUT2D eigenvalue weighted by atomic mass is 32.1. The van der Waals surface area contributed by atoms with Crippen molar-refractivity contribution in [3.05, 3.63) is 60.2 Å². The highest BCUT2D eigenvalue weighted by Gasteiger charge is 2.25. The predicted molar refractivity (Wildman–Crippen MR) is 113 cm³/mol. The van der Waals surface area contributed by atoms with Crippen molar-refractivity contribution in [3.63, 3.8) is 0 Å². The Balaban J connectivity index is 1.68. The van der Waals surface area contributed by atoms with E-state index in [1.807, 2.05) is 44.2 Å².